The van der Waals surface area contributed by atoms with Crippen molar-refractivity contribution in [3.05, 3.63) is 72.8 Å². The topological polar surface area (TPSA) is 27.7 Å². The van der Waals surface area contributed by atoms with Crippen LogP contribution in [0.4, 0.5) is 39.5 Å². The van der Waals surface area contributed by atoms with Crippen LogP contribution < -0.4 is 30.6 Å². The Morgan fingerprint density at radius 3 is 0.882 bits per heavy atom. The van der Waals surface area contributed by atoms with Crippen LogP contribution in [0.15, 0.2) is 72.8 Å². The molecule has 0 fully saturated rings. The maximum absolute atomic E-state index is 13.0. The Morgan fingerprint density at radius 1 is 0.412 bits per heavy atom. The number of ether oxygens (including phenoxy) is 3. The van der Waals surface area contributed by atoms with Crippen LogP contribution in [0.1, 0.15) is 0 Å². The first-order chi connectivity index (χ1) is 15.7. The minimum atomic E-state index is -5.19. The summed E-state index contributed by atoms with van der Waals surface area (Å²) in [6.45, 7) is -1.64. The first-order valence-corrected chi connectivity index (χ1v) is 9.27. The van der Waals surface area contributed by atoms with Crippen molar-refractivity contribution in [1.29, 1.82) is 0 Å². The third-order valence-electron chi connectivity index (χ3n) is 4.37. The summed E-state index contributed by atoms with van der Waals surface area (Å²) < 4.78 is 129. The van der Waals surface area contributed by atoms with Crippen molar-refractivity contribution >= 4 is 23.1 Å². The standard InChI is InChI=1S/C21H12BF9O3/c23-19(24,25)32-16-10-4-1-7-13(16)22(14-8-2-5-11-17(14)33-20(26,27)28)15-9-3-6-12-18(15)34-21(29,30)31/h1-12H. The summed E-state index contributed by atoms with van der Waals surface area (Å²) in [6, 6.07) is 13.2. The predicted molar refractivity (Wildman–Crippen MR) is 104 cm³/mol. The van der Waals surface area contributed by atoms with Gasteiger partial charge in [-0.3, -0.25) is 0 Å². The fraction of sp³-hybridized carbons (Fsp3) is 0.143. The van der Waals surface area contributed by atoms with Crippen LogP contribution in [0.2, 0.25) is 0 Å². The summed E-state index contributed by atoms with van der Waals surface area (Å²) in [5.74, 6) is -2.49. The lowest BCUT2D eigenvalue weighted by atomic mass is 9.36. The molecule has 0 aromatic heterocycles. The van der Waals surface area contributed by atoms with Gasteiger partial charge in [0, 0.05) is 0 Å². The van der Waals surface area contributed by atoms with E-state index in [9.17, 15) is 39.5 Å². The zero-order chi connectivity index (χ0) is 25.1. The quantitative estimate of drug-likeness (QED) is 0.361. The SMILES string of the molecule is FC(F)(F)Oc1ccccc1B(c1ccccc1OC(F)(F)F)c1ccccc1OC(F)(F)F. The Labute approximate surface area is 186 Å². The number of rotatable bonds is 6. The monoisotopic (exact) mass is 494 g/mol. The molecule has 34 heavy (non-hydrogen) atoms. The van der Waals surface area contributed by atoms with Gasteiger partial charge in [-0.25, -0.2) is 0 Å². The van der Waals surface area contributed by atoms with Crippen LogP contribution >= 0.6 is 0 Å². The summed E-state index contributed by atoms with van der Waals surface area (Å²) in [7, 11) is 0. The van der Waals surface area contributed by atoms with Crippen LogP contribution in [-0.2, 0) is 0 Å². The number of hydrogen-bond donors (Lipinski definition) is 0. The molecular weight excluding hydrogens is 482 g/mol. The molecule has 3 aromatic carbocycles. The molecule has 0 amide bonds. The van der Waals surface area contributed by atoms with E-state index < -0.39 is 43.0 Å². The largest absolute Gasteiger partial charge is 0.573 e. The fourth-order valence-electron chi connectivity index (χ4n) is 3.31. The van der Waals surface area contributed by atoms with E-state index in [-0.39, 0.29) is 16.4 Å². The van der Waals surface area contributed by atoms with Crippen molar-refractivity contribution in [3.63, 3.8) is 0 Å². The molecule has 3 nitrogen and oxygen atoms in total. The molecule has 0 saturated heterocycles. The molecule has 0 saturated carbocycles. The minimum absolute atomic E-state index is 0.378. The van der Waals surface area contributed by atoms with E-state index in [1.54, 1.807) is 0 Å². The highest BCUT2D eigenvalue weighted by Crippen LogP contribution is 2.26. The molecular formula is C21H12BF9O3. The van der Waals surface area contributed by atoms with E-state index in [2.05, 4.69) is 14.2 Å². The predicted octanol–water partition coefficient (Wildman–Crippen LogP) is 4.90. The van der Waals surface area contributed by atoms with Crippen molar-refractivity contribution in [1.82, 2.24) is 0 Å². The molecule has 0 radical (unpaired) electrons. The lowest BCUT2D eigenvalue weighted by Crippen LogP contribution is -2.54. The number of benzene rings is 3. The molecule has 0 bridgehead atoms. The van der Waals surface area contributed by atoms with Gasteiger partial charge >= 0.3 is 19.1 Å². The fourth-order valence-corrected chi connectivity index (χ4v) is 3.31. The Bertz CT molecular complexity index is 986. The average Bonchev–Trinajstić information content (AvgIpc) is 2.68. The molecule has 3 aromatic rings. The maximum Gasteiger partial charge on any atom is 0.573 e. The summed E-state index contributed by atoms with van der Waals surface area (Å²) in [5, 5.41) is 0. The second-order valence-corrected chi connectivity index (χ2v) is 6.69. The summed E-state index contributed by atoms with van der Waals surface area (Å²) in [6.07, 6.45) is -15.6. The third-order valence-corrected chi connectivity index (χ3v) is 4.37. The van der Waals surface area contributed by atoms with Crippen molar-refractivity contribution in [2.45, 2.75) is 19.1 Å². The maximum atomic E-state index is 13.0. The van der Waals surface area contributed by atoms with Crippen LogP contribution in [0.25, 0.3) is 0 Å². The van der Waals surface area contributed by atoms with Gasteiger partial charge in [0.1, 0.15) is 17.2 Å². The molecule has 13 heteroatoms. The molecule has 0 heterocycles. The van der Waals surface area contributed by atoms with E-state index in [0.29, 0.717) is 0 Å². The van der Waals surface area contributed by atoms with Gasteiger partial charge in [0.25, 0.3) is 6.71 Å². The van der Waals surface area contributed by atoms with Gasteiger partial charge in [-0.05, 0) is 34.6 Å². The molecule has 0 unspecified atom stereocenters. The Hall–Kier alpha value is -3.51. The van der Waals surface area contributed by atoms with Gasteiger partial charge in [0.05, 0.1) is 0 Å². The molecule has 0 aliphatic rings. The number of alkyl halides is 9. The zero-order valence-electron chi connectivity index (χ0n) is 16.6. The second kappa shape index (κ2) is 9.39. The highest BCUT2D eigenvalue weighted by molar-refractivity contribution is 6.97. The van der Waals surface area contributed by atoms with Crippen molar-refractivity contribution < 1.29 is 53.7 Å². The lowest BCUT2D eigenvalue weighted by Gasteiger charge is -2.24. The second-order valence-electron chi connectivity index (χ2n) is 6.69. The van der Waals surface area contributed by atoms with Crippen molar-refractivity contribution in [3.8, 4) is 17.2 Å². The molecule has 0 aliphatic heterocycles. The average molecular weight is 494 g/mol. The molecule has 180 valence electrons. The van der Waals surface area contributed by atoms with Gasteiger partial charge in [-0.15, -0.1) is 39.5 Å². The summed E-state index contributed by atoms with van der Waals surface area (Å²) >= 11 is 0. The third kappa shape index (κ3) is 6.75. The Morgan fingerprint density at radius 2 is 0.647 bits per heavy atom. The molecule has 3 rings (SSSR count). The molecule has 0 aliphatic carbocycles. The first kappa shape index (κ1) is 25.1. The number of hydrogen-bond acceptors (Lipinski definition) is 3. The Kier molecular flexibility index (Phi) is 6.94. The van der Waals surface area contributed by atoms with E-state index in [1.165, 1.54) is 18.2 Å². The highest BCUT2D eigenvalue weighted by atomic mass is 19.4. The zero-order valence-corrected chi connectivity index (χ0v) is 16.6. The number of halogens is 9. The van der Waals surface area contributed by atoms with Crippen LogP contribution in [0.3, 0.4) is 0 Å². The van der Waals surface area contributed by atoms with Crippen LogP contribution in [0.5, 0.6) is 17.2 Å². The molecule has 0 spiro atoms. The van der Waals surface area contributed by atoms with Crippen molar-refractivity contribution in [2.75, 3.05) is 0 Å². The van der Waals surface area contributed by atoms with Crippen LogP contribution in [0, 0.1) is 0 Å². The van der Waals surface area contributed by atoms with Crippen LogP contribution in [-0.4, -0.2) is 25.8 Å². The van der Waals surface area contributed by atoms with Gasteiger partial charge < -0.3 is 14.2 Å². The van der Waals surface area contributed by atoms with E-state index in [1.807, 2.05) is 0 Å². The summed E-state index contributed by atoms with van der Waals surface area (Å²) in [4.78, 5) is 0. The normalized spacial score (nSPS) is 12.3. The molecule has 0 N–H and O–H groups in total. The van der Waals surface area contributed by atoms with E-state index in [4.69, 9.17) is 0 Å². The summed E-state index contributed by atoms with van der Waals surface area (Å²) in [5.41, 5.74) is -1.14. The van der Waals surface area contributed by atoms with Gasteiger partial charge in [-0.2, -0.15) is 0 Å². The Balaban J connectivity index is 2.30. The lowest BCUT2D eigenvalue weighted by molar-refractivity contribution is -0.275. The van der Waals surface area contributed by atoms with Gasteiger partial charge in [0.2, 0.25) is 0 Å². The van der Waals surface area contributed by atoms with Crippen molar-refractivity contribution in [2.24, 2.45) is 0 Å². The smallest absolute Gasteiger partial charge is 0.406 e. The van der Waals surface area contributed by atoms with Gasteiger partial charge in [0.15, 0.2) is 0 Å². The number of para-hydroxylation sites is 3. The first-order valence-electron chi connectivity index (χ1n) is 9.27. The minimum Gasteiger partial charge on any atom is -0.406 e. The highest BCUT2D eigenvalue weighted by Gasteiger charge is 2.40. The van der Waals surface area contributed by atoms with Gasteiger partial charge in [-0.1, -0.05) is 54.6 Å². The van der Waals surface area contributed by atoms with E-state index in [0.717, 1.165) is 54.6 Å². The van der Waals surface area contributed by atoms with E-state index >= 15 is 0 Å². The molecule has 0 atom stereocenters.